The van der Waals surface area contributed by atoms with Gasteiger partial charge in [0, 0.05) is 33.3 Å². The summed E-state index contributed by atoms with van der Waals surface area (Å²) in [7, 11) is 1.30. The third-order valence-electron chi connectivity index (χ3n) is 2.32. The minimum atomic E-state index is -3.98. The average Bonchev–Trinajstić information content (AvgIpc) is 2.15. The molecule has 1 aromatic heterocycles. The van der Waals surface area contributed by atoms with E-state index in [-0.39, 0.29) is 10.6 Å². The van der Waals surface area contributed by atoms with Gasteiger partial charge in [-0.2, -0.15) is 0 Å². The summed E-state index contributed by atoms with van der Waals surface area (Å²) < 4.78 is 22.7. The van der Waals surface area contributed by atoms with Gasteiger partial charge < -0.3 is 5.11 Å². The maximum Gasteiger partial charge on any atom is 0.265 e. The number of phenols is 1. The monoisotopic (exact) mass is 257 g/mol. The van der Waals surface area contributed by atoms with Crippen molar-refractivity contribution >= 4 is 30.5 Å². The van der Waals surface area contributed by atoms with Gasteiger partial charge in [-0.3, -0.25) is 4.98 Å². The summed E-state index contributed by atoms with van der Waals surface area (Å²) in [6, 6.07) is 4.42. The van der Waals surface area contributed by atoms with E-state index in [2.05, 4.69) is 4.98 Å². The molecular weight excluding hydrogens is 250 g/mol. The van der Waals surface area contributed by atoms with E-state index in [0.717, 1.165) is 0 Å². The molecule has 0 bridgehead atoms. The molecule has 0 aliphatic rings. The van der Waals surface area contributed by atoms with E-state index in [0.29, 0.717) is 16.5 Å². The van der Waals surface area contributed by atoms with Crippen molar-refractivity contribution in [3.05, 3.63) is 30.1 Å². The fourth-order valence-electron chi connectivity index (χ4n) is 1.62. The molecule has 1 aromatic carbocycles. The number of aryl methyl sites for hydroxylation is 1. The minimum Gasteiger partial charge on any atom is -0.507 e. The zero-order valence-corrected chi connectivity index (χ0v) is 9.88. The Balaban J connectivity index is 3.03. The maximum atomic E-state index is 11.4. The molecule has 16 heavy (non-hydrogen) atoms. The summed E-state index contributed by atoms with van der Waals surface area (Å²) in [5.74, 6) is -0.354. The van der Waals surface area contributed by atoms with Crippen LogP contribution in [0.3, 0.4) is 0 Å². The molecule has 0 spiro atoms. The molecule has 2 rings (SSSR count). The van der Waals surface area contributed by atoms with Crippen LogP contribution in [0.25, 0.3) is 10.8 Å². The number of fused-ring (bicyclic) bond motifs is 1. The smallest absolute Gasteiger partial charge is 0.265 e. The van der Waals surface area contributed by atoms with E-state index >= 15 is 0 Å². The topological polar surface area (TPSA) is 67.3 Å². The van der Waals surface area contributed by atoms with Crippen molar-refractivity contribution < 1.29 is 13.5 Å². The number of pyridine rings is 1. The largest absolute Gasteiger partial charge is 0.507 e. The number of rotatable bonds is 1. The van der Waals surface area contributed by atoms with Gasteiger partial charge in [-0.25, -0.2) is 8.42 Å². The molecule has 0 atom stereocenters. The normalized spacial score (nSPS) is 11.9. The van der Waals surface area contributed by atoms with Crippen LogP contribution < -0.4 is 0 Å². The molecule has 6 heteroatoms. The molecule has 0 radical (unpaired) electrons. The molecular formula is C10H8ClNO3S. The fraction of sp³-hybridized carbons (Fsp3) is 0.100. The molecule has 1 heterocycles. The first-order valence-corrected chi connectivity index (χ1v) is 6.74. The highest BCUT2D eigenvalue weighted by molar-refractivity contribution is 8.14. The van der Waals surface area contributed by atoms with Crippen molar-refractivity contribution in [1.82, 2.24) is 4.98 Å². The van der Waals surface area contributed by atoms with Crippen LogP contribution in [0.4, 0.5) is 0 Å². The lowest BCUT2D eigenvalue weighted by molar-refractivity contribution is 0.461. The fourth-order valence-corrected chi connectivity index (χ4v) is 2.86. The zero-order valence-electron chi connectivity index (χ0n) is 8.31. The van der Waals surface area contributed by atoms with Crippen molar-refractivity contribution in [2.24, 2.45) is 0 Å². The van der Waals surface area contributed by atoms with Crippen LogP contribution in [0.15, 0.2) is 29.3 Å². The van der Waals surface area contributed by atoms with Gasteiger partial charge in [0.15, 0.2) is 0 Å². The SMILES string of the molecule is Cc1nccc2c(S(=O)(=O)Cl)c(O)ccc12. The molecule has 0 amide bonds. The first kappa shape index (κ1) is 11.2. The van der Waals surface area contributed by atoms with Gasteiger partial charge >= 0.3 is 0 Å². The standard InChI is InChI=1S/C10H8ClNO3S/c1-6-7-2-3-9(13)10(16(11,14)15)8(7)4-5-12-6/h2-5,13H,1H3. The Labute approximate surface area is 96.9 Å². The van der Waals surface area contributed by atoms with Gasteiger partial charge in [0.1, 0.15) is 10.6 Å². The summed E-state index contributed by atoms with van der Waals surface area (Å²) in [6.45, 7) is 1.75. The zero-order chi connectivity index (χ0) is 11.9. The second-order valence-corrected chi connectivity index (χ2v) is 5.85. The number of benzene rings is 1. The van der Waals surface area contributed by atoms with E-state index < -0.39 is 9.05 Å². The number of hydrogen-bond acceptors (Lipinski definition) is 4. The predicted molar refractivity (Wildman–Crippen MR) is 61.2 cm³/mol. The lowest BCUT2D eigenvalue weighted by atomic mass is 10.1. The first-order chi connectivity index (χ1) is 7.41. The lowest BCUT2D eigenvalue weighted by Gasteiger charge is -2.07. The molecule has 0 saturated carbocycles. The second kappa shape index (κ2) is 3.61. The first-order valence-electron chi connectivity index (χ1n) is 4.43. The highest BCUT2D eigenvalue weighted by Gasteiger charge is 2.19. The highest BCUT2D eigenvalue weighted by Crippen LogP contribution is 2.34. The molecule has 4 nitrogen and oxygen atoms in total. The van der Waals surface area contributed by atoms with Gasteiger partial charge in [-0.1, -0.05) is 0 Å². The number of halogens is 1. The summed E-state index contributed by atoms with van der Waals surface area (Å²) >= 11 is 0. The maximum absolute atomic E-state index is 11.4. The highest BCUT2D eigenvalue weighted by atomic mass is 35.7. The third-order valence-corrected chi connectivity index (χ3v) is 3.70. The third kappa shape index (κ3) is 1.72. The molecule has 0 saturated heterocycles. The van der Waals surface area contributed by atoms with Gasteiger partial charge in [-0.05, 0) is 25.1 Å². The van der Waals surface area contributed by atoms with Gasteiger partial charge in [0.2, 0.25) is 0 Å². The van der Waals surface area contributed by atoms with Crippen molar-refractivity contribution in [1.29, 1.82) is 0 Å². The Morgan fingerprint density at radius 2 is 1.94 bits per heavy atom. The van der Waals surface area contributed by atoms with Gasteiger partial charge in [-0.15, -0.1) is 0 Å². The van der Waals surface area contributed by atoms with Crippen LogP contribution in [-0.2, 0) is 9.05 Å². The Bertz CT molecular complexity index is 667. The van der Waals surface area contributed by atoms with Crippen LogP contribution in [-0.4, -0.2) is 18.5 Å². The molecule has 0 aliphatic heterocycles. The number of aromatic nitrogens is 1. The van der Waals surface area contributed by atoms with Crippen LogP contribution in [0.2, 0.25) is 0 Å². The van der Waals surface area contributed by atoms with Crippen molar-refractivity contribution in [2.75, 3.05) is 0 Å². The predicted octanol–water partition coefficient (Wildman–Crippen LogP) is 2.18. The van der Waals surface area contributed by atoms with Crippen LogP contribution in [0.5, 0.6) is 5.75 Å². The van der Waals surface area contributed by atoms with Gasteiger partial charge in [0.05, 0.1) is 0 Å². The summed E-state index contributed by atoms with van der Waals surface area (Å²) in [6.07, 6.45) is 1.47. The van der Waals surface area contributed by atoms with Gasteiger partial charge in [0.25, 0.3) is 9.05 Å². The van der Waals surface area contributed by atoms with E-state index in [1.807, 2.05) is 0 Å². The quantitative estimate of drug-likeness (QED) is 0.795. The number of nitrogens with zero attached hydrogens (tertiary/aromatic N) is 1. The molecule has 1 N–H and O–H groups in total. The van der Waals surface area contributed by atoms with Crippen molar-refractivity contribution in [2.45, 2.75) is 11.8 Å². The Kier molecular flexibility index (Phi) is 2.52. The number of aromatic hydroxyl groups is 1. The lowest BCUT2D eigenvalue weighted by Crippen LogP contribution is -1.95. The van der Waals surface area contributed by atoms with Crippen LogP contribution in [0, 0.1) is 6.92 Å². The summed E-state index contributed by atoms with van der Waals surface area (Å²) in [5.41, 5.74) is 0.680. The van der Waals surface area contributed by atoms with Crippen molar-refractivity contribution in [3.63, 3.8) is 0 Å². The Morgan fingerprint density at radius 3 is 2.56 bits per heavy atom. The van der Waals surface area contributed by atoms with E-state index in [4.69, 9.17) is 10.7 Å². The molecule has 2 aromatic rings. The van der Waals surface area contributed by atoms with Crippen molar-refractivity contribution in [3.8, 4) is 5.75 Å². The molecule has 0 aliphatic carbocycles. The van der Waals surface area contributed by atoms with Crippen LogP contribution >= 0.6 is 10.7 Å². The number of hydrogen-bond donors (Lipinski definition) is 1. The summed E-state index contributed by atoms with van der Waals surface area (Å²) in [5, 5.41) is 10.6. The average molecular weight is 258 g/mol. The number of phenolic OH excluding ortho intramolecular Hbond substituents is 1. The second-order valence-electron chi connectivity index (χ2n) is 3.34. The van der Waals surface area contributed by atoms with E-state index in [9.17, 15) is 13.5 Å². The molecule has 0 fully saturated rings. The Hall–Kier alpha value is -1.33. The van der Waals surface area contributed by atoms with E-state index in [1.165, 1.54) is 18.3 Å². The van der Waals surface area contributed by atoms with Crippen LogP contribution in [0.1, 0.15) is 5.69 Å². The Morgan fingerprint density at radius 1 is 1.25 bits per heavy atom. The minimum absolute atomic E-state index is 0.267. The molecule has 84 valence electrons. The van der Waals surface area contributed by atoms with E-state index in [1.54, 1.807) is 13.0 Å². The summed E-state index contributed by atoms with van der Waals surface area (Å²) in [4.78, 5) is 3.77. The molecule has 0 unspecified atom stereocenters.